The van der Waals surface area contributed by atoms with Crippen molar-refractivity contribution in [3.63, 3.8) is 0 Å². The Bertz CT molecular complexity index is 1140. The highest BCUT2D eigenvalue weighted by atomic mass is 16.5. The van der Waals surface area contributed by atoms with Gasteiger partial charge in [-0.05, 0) is 67.9 Å². The number of carbonyl (C=O) groups is 2. The van der Waals surface area contributed by atoms with E-state index in [0.29, 0.717) is 37.6 Å². The Hall–Kier alpha value is -3.58. The number of aryl methyl sites for hydroxylation is 1. The van der Waals surface area contributed by atoms with Gasteiger partial charge in [-0.15, -0.1) is 0 Å². The summed E-state index contributed by atoms with van der Waals surface area (Å²) in [6.07, 6.45) is 2.55. The molecule has 0 spiro atoms. The minimum absolute atomic E-state index is 0.0923. The minimum atomic E-state index is -0.702. The molecule has 1 unspecified atom stereocenters. The Morgan fingerprint density at radius 2 is 1.73 bits per heavy atom. The fourth-order valence-electron chi connectivity index (χ4n) is 4.50. The number of aliphatic hydroxyl groups excluding tert-OH is 1. The van der Waals surface area contributed by atoms with Crippen LogP contribution in [0, 0.1) is 6.92 Å². The van der Waals surface area contributed by atoms with Crippen LogP contribution in [0.5, 0.6) is 11.5 Å². The van der Waals surface area contributed by atoms with Gasteiger partial charge in [0.15, 0.2) is 0 Å². The lowest BCUT2D eigenvalue weighted by molar-refractivity contribution is -0.140. The van der Waals surface area contributed by atoms with Crippen LogP contribution in [0.15, 0.2) is 60.7 Å². The summed E-state index contributed by atoms with van der Waals surface area (Å²) in [6.45, 7) is 15.3. The number of aliphatic hydroxyl groups is 1. The molecule has 7 nitrogen and oxygen atoms in total. The van der Waals surface area contributed by atoms with E-state index in [4.69, 9.17) is 9.47 Å². The molecule has 1 fully saturated rings. The number of rotatable bonds is 13. The van der Waals surface area contributed by atoms with Gasteiger partial charge in [-0.2, -0.15) is 0 Å². The number of amides is 1. The lowest BCUT2D eigenvalue weighted by Gasteiger charge is -2.28. The topological polar surface area (TPSA) is 79.3 Å². The van der Waals surface area contributed by atoms with Crippen molar-refractivity contribution in [3.05, 3.63) is 77.4 Å². The van der Waals surface area contributed by atoms with Crippen LogP contribution < -0.4 is 9.47 Å². The van der Waals surface area contributed by atoms with Crippen LogP contribution >= 0.6 is 0 Å². The van der Waals surface area contributed by atoms with E-state index in [9.17, 15) is 14.7 Å². The number of Topliss-reactive ketones (excluding diaryl/α,β-unsaturated/α-hetero) is 1. The molecule has 1 N–H and O–H groups in total. The van der Waals surface area contributed by atoms with E-state index in [0.717, 1.165) is 36.4 Å². The Kier molecular flexibility index (Phi) is 9.92. The van der Waals surface area contributed by atoms with Crippen LogP contribution in [0.2, 0.25) is 0 Å². The third-order valence-corrected chi connectivity index (χ3v) is 6.58. The van der Waals surface area contributed by atoms with Crippen LogP contribution in [-0.2, 0) is 9.59 Å². The third-order valence-electron chi connectivity index (χ3n) is 6.58. The Balaban J connectivity index is 2.06. The molecule has 3 rings (SSSR count). The summed E-state index contributed by atoms with van der Waals surface area (Å²) in [5, 5.41) is 11.4. The Morgan fingerprint density at radius 3 is 2.32 bits per heavy atom. The monoisotopic (exact) mass is 506 g/mol. The zero-order valence-corrected chi connectivity index (χ0v) is 22.3. The number of ketones is 1. The number of ether oxygens (including phenoxy) is 2. The van der Waals surface area contributed by atoms with Gasteiger partial charge in [0, 0.05) is 18.7 Å². The largest absolute Gasteiger partial charge is 0.507 e. The van der Waals surface area contributed by atoms with E-state index < -0.39 is 17.7 Å². The molecule has 1 amide bonds. The summed E-state index contributed by atoms with van der Waals surface area (Å²) in [5.74, 6) is -0.120. The zero-order valence-electron chi connectivity index (χ0n) is 22.3. The van der Waals surface area contributed by atoms with Crippen LogP contribution in [0.25, 0.3) is 5.76 Å². The van der Waals surface area contributed by atoms with Gasteiger partial charge in [0.25, 0.3) is 11.7 Å². The summed E-state index contributed by atoms with van der Waals surface area (Å²) in [5.41, 5.74) is 2.05. The third kappa shape index (κ3) is 6.41. The summed E-state index contributed by atoms with van der Waals surface area (Å²) >= 11 is 0. The molecule has 1 atom stereocenters. The lowest BCUT2D eigenvalue weighted by Crippen LogP contribution is -2.38. The molecule has 1 aliphatic heterocycles. The van der Waals surface area contributed by atoms with Crippen molar-refractivity contribution in [3.8, 4) is 11.5 Å². The molecule has 1 saturated heterocycles. The molecule has 0 aliphatic carbocycles. The fourth-order valence-corrected chi connectivity index (χ4v) is 4.50. The first-order chi connectivity index (χ1) is 17.9. The highest BCUT2D eigenvalue weighted by Crippen LogP contribution is 2.40. The molecule has 0 bridgehead atoms. The van der Waals surface area contributed by atoms with E-state index in [-0.39, 0.29) is 11.3 Å². The highest BCUT2D eigenvalue weighted by Gasteiger charge is 2.46. The number of hydrogen-bond acceptors (Lipinski definition) is 6. The maximum atomic E-state index is 13.3. The molecule has 2 aromatic carbocycles. The molecule has 2 aromatic rings. The summed E-state index contributed by atoms with van der Waals surface area (Å²) < 4.78 is 11.3. The van der Waals surface area contributed by atoms with Gasteiger partial charge in [-0.3, -0.25) is 9.59 Å². The predicted octanol–water partition coefficient (Wildman–Crippen LogP) is 5.11. The second-order valence-corrected chi connectivity index (χ2v) is 9.01. The number of likely N-dealkylation sites (tertiary alicyclic amines) is 1. The van der Waals surface area contributed by atoms with Gasteiger partial charge in [0.05, 0.1) is 18.2 Å². The molecule has 0 saturated carbocycles. The van der Waals surface area contributed by atoms with Crippen LogP contribution in [0.3, 0.4) is 0 Å². The Morgan fingerprint density at radius 1 is 1.05 bits per heavy atom. The maximum absolute atomic E-state index is 13.3. The first-order valence-corrected chi connectivity index (χ1v) is 12.9. The normalized spacial score (nSPS) is 16.9. The molecular weight excluding hydrogens is 468 g/mol. The zero-order chi connectivity index (χ0) is 26.9. The van der Waals surface area contributed by atoms with Crippen molar-refractivity contribution in [2.45, 2.75) is 40.2 Å². The second-order valence-electron chi connectivity index (χ2n) is 9.01. The summed E-state index contributed by atoms with van der Waals surface area (Å²) in [4.78, 5) is 30.4. The highest BCUT2D eigenvalue weighted by molar-refractivity contribution is 6.46. The molecule has 1 heterocycles. The number of nitrogens with zero attached hydrogens (tertiary/aromatic N) is 2. The molecular formula is C30H38N2O5. The van der Waals surface area contributed by atoms with Gasteiger partial charge >= 0.3 is 0 Å². The van der Waals surface area contributed by atoms with Gasteiger partial charge in [-0.25, -0.2) is 0 Å². The molecule has 198 valence electrons. The first-order valence-electron chi connectivity index (χ1n) is 12.9. The SMILES string of the molecule is C=CCOc1ccc(/C(O)=C2\C(=O)C(=O)N(CCN(CC)CC)C2c2ccc(OCCC)cc2)c(C)c1. The quantitative estimate of drug-likeness (QED) is 0.176. The Labute approximate surface area is 220 Å². The average Bonchev–Trinajstić information content (AvgIpc) is 3.16. The van der Waals surface area contributed by atoms with Crippen molar-refractivity contribution in [1.29, 1.82) is 0 Å². The standard InChI is InChI=1S/C30H38N2O5/c1-6-18-36-23-12-10-22(11-13-23)27-26(29(34)30(35)32(27)17-16-31(8-3)9-4)28(33)25-15-14-24(20-21(25)5)37-19-7-2/h7,10-15,20,27,33H,2,6,8-9,16-19H2,1,3-5H3/b28-26+. The molecule has 0 radical (unpaired) electrons. The number of benzene rings is 2. The van der Waals surface area contributed by atoms with Crippen molar-refractivity contribution in [1.82, 2.24) is 9.80 Å². The van der Waals surface area contributed by atoms with E-state index in [2.05, 4.69) is 25.3 Å². The van der Waals surface area contributed by atoms with E-state index in [1.165, 1.54) is 0 Å². The first kappa shape index (κ1) is 28.0. The van der Waals surface area contributed by atoms with Crippen molar-refractivity contribution in [2.75, 3.05) is 39.4 Å². The average molecular weight is 507 g/mol. The number of carbonyl (C=O) groups excluding carboxylic acids is 2. The van der Waals surface area contributed by atoms with Crippen LogP contribution in [-0.4, -0.2) is 66.0 Å². The molecule has 0 aromatic heterocycles. The van der Waals surface area contributed by atoms with Crippen LogP contribution in [0.4, 0.5) is 0 Å². The van der Waals surface area contributed by atoms with E-state index in [1.807, 2.05) is 38.1 Å². The van der Waals surface area contributed by atoms with Gasteiger partial charge in [-0.1, -0.05) is 45.6 Å². The second kappa shape index (κ2) is 13.1. The smallest absolute Gasteiger partial charge is 0.295 e. The number of likely N-dealkylation sites (N-methyl/N-ethyl adjacent to an activating group) is 1. The number of hydrogen-bond donors (Lipinski definition) is 1. The fraction of sp³-hybridized carbons (Fsp3) is 0.400. The van der Waals surface area contributed by atoms with Crippen molar-refractivity contribution < 1.29 is 24.2 Å². The minimum Gasteiger partial charge on any atom is -0.507 e. The van der Waals surface area contributed by atoms with E-state index in [1.54, 1.807) is 29.2 Å². The predicted molar refractivity (Wildman–Crippen MR) is 146 cm³/mol. The van der Waals surface area contributed by atoms with Crippen molar-refractivity contribution in [2.24, 2.45) is 0 Å². The maximum Gasteiger partial charge on any atom is 0.295 e. The lowest BCUT2D eigenvalue weighted by atomic mass is 9.94. The molecule has 37 heavy (non-hydrogen) atoms. The van der Waals surface area contributed by atoms with Crippen molar-refractivity contribution >= 4 is 17.4 Å². The van der Waals surface area contributed by atoms with Crippen LogP contribution in [0.1, 0.15) is 49.9 Å². The summed E-state index contributed by atoms with van der Waals surface area (Å²) in [7, 11) is 0. The molecule has 1 aliphatic rings. The van der Waals surface area contributed by atoms with E-state index >= 15 is 0 Å². The van der Waals surface area contributed by atoms with Gasteiger partial charge in [0.1, 0.15) is 23.9 Å². The van der Waals surface area contributed by atoms with Gasteiger partial charge in [0.2, 0.25) is 0 Å². The van der Waals surface area contributed by atoms with Gasteiger partial charge < -0.3 is 24.4 Å². The molecule has 7 heteroatoms. The summed E-state index contributed by atoms with van der Waals surface area (Å²) in [6, 6.07) is 11.9.